The van der Waals surface area contributed by atoms with Crippen LogP contribution in [0.2, 0.25) is 0 Å². The molecule has 0 saturated carbocycles. The fourth-order valence-corrected chi connectivity index (χ4v) is 2.24. The topological polar surface area (TPSA) is 86.0 Å². The number of nitro benzene ring substituents is 1. The fraction of sp³-hybridized carbons (Fsp3) is 0.278. The van der Waals surface area contributed by atoms with Gasteiger partial charge in [0.1, 0.15) is 0 Å². The van der Waals surface area contributed by atoms with Gasteiger partial charge in [-0.25, -0.2) is 0 Å². The lowest BCUT2D eigenvalue weighted by atomic mass is 10.2. The van der Waals surface area contributed by atoms with Gasteiger partial charge in [0.15, 0.2) is 5.75 Å². The van der Waals surface area contributed by atoms with Crippen molar-refractivity contribution in [2.75, 3.05) is 12.5 Å². The van der Waals surface area contributed by atoms with E-state index in [9.17, 15) is 23.3 Å². The molecule has 0 aromatic heterocycles. The number of halogens is 3. The van der Waals surface area contributed by atoms with Crippen molar-refractivity contribution in [1.82, 2.24) is 0 Å². The van der Waals surface area contributed by atoms with Gasteiger partial charge < -0.3 is 9.47 Å². The minimum atomic E-state index is -4.42. The fourth-order valence-electron chi connectivity index (χ4n) is 2.24. The van der Waals surface area contributed by atoms with E-state index < -0.39 is 16.7 Å². The van der Waals surface area contributed by atoms with Crippen molar-refractivity contribution >= 4 is 17.6 Å². The highest BCUT2D eigenvalue weighted by Gasteiger charge is 2.29. The van der Waals surface area contributed by atoms with Crippen molar-refractivity contribution in [2.45, 2.75) is 26.1 Å². The summed E-state index contributed by atoms with van der Waals surface area (Å²) in [6.45, 7) is 3.46. The van der Waals surface area contributed by atoms with Gasteiger partial charge in [-0.05, 0) is 44.2 Å². The zero-order valence-electron chi connectivity index (χ0n) is 15.3. The van der Waals surface area contributed by atoms with Gasteiger partial charge in [-0.1, -0.05) is 0 Å². The molecule has 28 heavy (non-hydrogen) atoms. The van der Waals surface area contributed by atoms with E-state index in [1.54, 1.807) is 13.8 Å². The molecular weight excluding hydrogens is 379 g/mol. The second kappa shape index (κ2) is 8.59. The van der Waals surface area contributed by atoms with Gasteiger partial charge >= 0.3 is 11.9 Å². The smallest absolute Gasteiger partial charge is 0.416 e. The van der Waals surface area contributed by atoms with Crippen LogP contribution in [0.4, 0.5) is 24.5 Å². The van der Waals surface area contributed by atoms with Crippen LogP contribution in [0.15, 0.2) is 41.5 Å². The van der Waals surface area contributed by atoms with Crippen molar-refractivity contribution in [1.29, 1.82) is 0 Å². The summed E-state index contributed by atoms with van der Waals surface area (Å²) in [5.41, 5.74) is 2.17. The maximum absolute atomic E-state index is 12.6. The molecule has 10 heteroatoms. The molecule has 0 aliphatic heterocycles. The first-order valence-corrected chi connectivity index (χ1v) is 8.11. The van der Waals surface area contributed by atoms with Crippen molar-refractivity contribution in [3.8, 4) is 11.5 Å². The van der Waals surface area contributed by atoms with Crippen molar-refractivity contribution in [2.24, 2.45) is 5.10 Å². The normalized spacial score (nSPS) is 11.7. The lowest BCUT2D eigenvalue weighted by molar-refractivity contribution is -0.386. The molecule has 150 valence electrons. The Morgan fingerprint density at radius 2 is 1.86 bits per heavy atom. The Hall–Kier alpha value is -3.30. The van der Waals surface area contributed by atoms with Crippen LogP contribution < -0.4 is 14.9 Å². The molecule has 0 spiro atoms. The average Bonchev–Trinajstić information content (AvgIpc) is 2.61. The molecule has 0 aliphatic carbocycles. The zero-order valence-corrected chi connectivity index (χ0v) is 15.3. The molecular formula is C18H18F3N3O4. The number of hydrogen-bond donors (Lipinski definition) is 1. The summed E-state index contributed by atoms with van der Waals surface area (Å²) in [5, 5.41) is 15.2. The third-order valence-corrected chi connectivity index (χ3v) is 3.45. The van der Waals surface area contributed by atoms with Gasteiger partial charge in [0.2, 0.25) is 5.75 Å². The third-order valence-electron chi connectivity index (χ3n) is 3.45. The highest BCUT2D eigenvalue weighted by atomic mass is 19.4. The number of hydrazone groups is 1. The highest BCUT2D eigenvalue weighted by molar-refractivity contribution is 5.83. The van der Waals surface area contributed by atoms with Gasteiger partial charge in [0, 0.05) is 11.6 Å². The summed E-state index contributed by atoms with van der Waals surface area (Å²) in [5.74, 6) is 0.175. The van der Waals surface area contributed by atoms with Crippen LogP contribution in [0.1, 0.15) is 25.0 Å². The van der Waals surface area contributed by atoms with Gasteiger partial charge in [-0.2, -0.15) is 18.3 Å². The maximum atomic E-state index is 12.6. The number of hydrogen-bond acceptors (Lipinski definition) is 6. The Morgan fingerprint density at radius 3 is 2.36 bits per heavy atom. The number of ether oxygens (including phenoxy) is 2. The number of rotatable bonds is 7. The first-order valence-electron chi connectivity index (χ1n) is 8.11. The predicted octanol–water partition coefficient (Wildman–Crippen LogP) is 4.86. The minimum Gasteiger partial charge on any atom is -0.493 e. The second-order valence-corrected chi connectivity index (χ2v) is 5.94. The summed E-state index contributed by atoms with van der Waals surface area (Å²) in [6.07, 6.45) is -3.43. The highest BCUT2D eigenvalue weighted by Crippen LogP contribution is 2.38. The molecule has 2 aromatic rings. The molecule has 0 fully saturated rings. The number of nitrogens with one attached hydrogen (secondary N) is 1. The number of methoxy groups -OCH3 is 1. The zero-order chi connectivity index (χ0) is 20.9. The summed E-state index contributed by atoms with van der Waals surface area (Å²) < 4.78 is 48.3. The third kappa shape index (κ3) is 5.35. The Bertz CT molecular complexity index is 866. The van der Waals surface area contributed by atoms with Gasteiger partial charge in [-0.15, -0.1) is 0 Å². The molecule has 2 rings (SSSR count). The van der Waals surface area contributed by atoms with Crippen molar-refractivity contribution < 1.29 is 27.6 Å². The molecule has 0 saturated heterocycles. The molecule has 0 amide bonds. The molecule has 0 atom stereocenters. The summed E-state index contributed by atoms with van der Waals surface area (Å²) in [6, 6.07) is 7.06. The maximum Gasteiger partial charge on any atom is 0.416 e. The average molecular weight is 397 g/mol. The van der Waals surface area contributed by atoms with Crippen LogP contribution in [0.5, 0.6) is 11.5 Å². The molecule has 2 aromatic carbocycles. The second-order valence-electron chi connectivity index (χ2n) is 5.94. The Balaban J connectivity index is 2.23. The molecule has 0 radical (unpaired) electrons. The van der Waals surface area contributed by atoms with E-state index in [0.29, 0.717) is 11.3 Å². The molecule has 1 N–H and O–H groups in total. The Labute approximate surface area is 158 Å². The van der Waals surface area contributed by atoms with Crippen LogP contribution in [-0.2, 0) is 6.18 Å². The molecule has 7 nitrogen and oxygen atoms in total. The number of alkyl halides is 3. The predicted molar refractivity (Wildman–Crippen MR) is 98.1 cm³/mol. The van der Waals surface area contributed by atoms with Crippen LogP contribution in [0.3, 0.4) is 0 Å². The van der Waals surface area contributed by atoms with Gasteiger partial charge in [-0.3, -0.25) is 15.5 Å². The van der Waals surface area contributed by atoms with E-state index in [0.717, 1.165) is 12.1 Å². The summed E-state index contributed by atoms with van der Waals surface area (Å²) >= 11 is 0. The van der Waals surface area contributed by atoms with Crippen LogP contribution in [0.25, 0.3) is 0 Å². The number of anilines is 1. The first kappa shape index (κ1) is 21.0. The monoisotopic (exact) mass is 397 g/mol. The van der Waals surface area contributed by atoms with Crippen molar-refractivity contribution in [3.05, 3.63) is 57.6 Å². The van der Waals surface area contributed by atoms with Gasteiger partial charge in [0.05, 0.1) is 35.6 Å². The molecule has 0 aliphatic rings. The molecule has 0 unspecified atom stereocenters. The van der Waals surface area contributed by atoms with Crippen LogP contribution >= 0.6 is 0 Å². The van der Waals surface area contributed by atoms with E-state index in [1.807, 2.05) is 0 Å². The number of benzene rings is 2. The standard InChI is InChI=1S/C18H18F3N3O4/c1-11(2)28-17-15(24(25)26)8-12(9-16(17)27-3)10-22-23-14-6-4-13(5-7-14)18(19,20)21/h4-11,23H,1-3H3. The van der Waals surface area contributed by atoms with E-state index in [1.165, 1.54) is 37.6 Å². The van der Waals surface area contributed by atoms with Gasteiger partial charge in [0.25, 0.3) is 0 Å². The number of nitrogens with zero attached hydrogens (tertiary/aromatic N) is 2. The Kier molecular flexibility index (Phi) is 6.45. The molecule has 0 heterocycles. The lowest BCUT2D eigenvalue weighted by Crippen LogP contribution is -2.09. The van der Waals surface area contributed by atoms with Crippen LogP contribution in [-0.4, -0.2) is 24.4 Å². The largest absolute Gasteiger partial charge is 0.493 e. The quantitative estimate of drug-likeness (QED) is 0.410. The SMILES string of the molecule is COc1cc(C=NNc2ccc(C(F)(F)F)cc2)cc([N+](=O)[O-])c1OC(C)C. The Morgan fingerprint density at radius 1 is 1.21 bits per heavy atom. The summed E-state index contributed by atoms with van der Waals surface area (Å²) in [7, 11) is 1.35. The first-order chi connectivity index (χ1) is 13.1. The van der Waals surface area contributed by atoms with Crippen molar-refractivity contribution in [3.63, 3.8) is 0 Å². The van der Waals surface area contributed by atoms with E-state index in [2.05, 4.69) is 10.5 Å². The minimum absolute atomic E-state index is 0.00958. The number of nitro groups is 1. The van der Waals surface area contributed by atoms with E-state index in [4.69, 9.17) is 9.47 Å². The molecule has 0 bridgehead atoms. The summed E-state index contributed by atoms with van der Waals surface area (Å²) in [4.78, 5) is 10.8. The van der Waals surface area contributed by atoms with Crippen LogP contribution in [0, 0.1) is 10.1 Å². The lowest BCUT2D eigenvalue weighted by Gasteiger charge is -2.14. The van der Waals surface area contributed by atoms with E-state index in [-0.39, 0.29) is 23.3 Å². The van der Waals surface area contributed by atoms with E-state index >= 15 is 0 Å².